The van der Waals surface area contributed by atoms with E-state index in [1.165, 1.54) is 6.20 Å². The highest BCUT2D eigenvalue weighted by atomic mass is 35.5. The van der Waals surface area contributed by atoms with Crippen molar-refractivity contribution in [2.75, 3.05) is 6.61 Å². The van der Waals surface area contributed by atoms with Gasteiger partial charge in [0, 0.05) is 24.8 Å². The van der Waals surface area contributed by atoms with Crippen molar-refractivity contribution in [2.45, 2.75) is 38.2 Å². The van der Waals surface area contributed by atoms with Crippen molar-refractivity contribution in [1.82, 2.24) is 4.98 Å². The molecule has 0 spiro atoms. The van der Waals surface area contributed by atoms with Crippen molar-refractivity contribution in [1.29, 1.82) is 0 Å². The zero-order chi connectivity index (χ0) is 12.1. The molecular formula is C13H16ClNO2. The molecule has 0 bridgehead atoms. The van der Waals surface area contributed by atoms with Crippen molar-refractivity contribution in [3.63, 3.8) is 0 Å². The van der Waals surface area contributed by atoms with Crippen LogP contribution in [0.25, 0.3) is 0 Å². The van der Waals surface area contributed by atoms with Crippen LogP contribution in [0.1, 0.15) is 42.5 Å². The molecule has 0 radical (unpaired) electrons. The Morgan fingerprint density at radius 3 is 3.06 bits per heavy atom. The number of nitrogens with zero attached hydrogens (tertiary/aromatic N) is 1. The predicted octanol–water partition coefficient (Wildman–Crippen LogP) is 3.27. The van der Waals surface area contributed by atoms with E-state index < -0.39 is 0 Å². The van der Waals surface area contributed by atoms with Gasteiger partial charge in [0.2, 0.25) is 0 Å². The summed E-state index contributed by atoms with van der Waals surface area (Å²) in [6, 6.07) is 3.37. The summed E-state index contributed by atoms with van der Waals surface area (Å²) in [6.07, 6.45) is 6.61. The Kier molecular flexibility index (Phi) is 4.51. The van der Waals surface area contributed by atoms with Gasteiger partial charge in [0.15, 0.2) is 5.78 Å². The summed E-state index contributed by atoms with van der Waals surface area (Å²) >= 11 is 5.67. The number of hydrogen-bond donors (Lipinski definition) is 0. The summed E-state index contributed by atoms with van der Waals surface area (Å²) in [5.41, 5.74) is 0.641. The number of ether oxygens (including phenoxy) is 1. The summed E-state index contributed by atoms with van der Waals surface area (Å²) in [7, 11) is 0. The molecule has 3 nitrogen and oxygen atoms in total. The molecule has 4 heteroatoms. The third kappa shape index (κ3) is 3.79. The molecule has 1 fully saturated rings. The van der Waals surface area contributed by atoms with E-state index in [4.69, 9.17) is 16.3 Å². The van der Waals surface area contributed by atoms with Crippen LogP contribution in [0.3, 0.4) is 0 Å². The Balaban J connectivity index is 1.75. The topological polar surface area (TPSA) is 39.2 Å². The number of carbonyl (C=O) groups is 1. The Morgan fingerprint density at radius 2 is 2.41 bits per heavy atom. The first-order valence-corrected chi connectivity index (χ1v) is 6.40. The molecule has 1 aromatic heterocycles. The first-order valence-electron chi connectivity index (χ1n) is 6.02. The van der Waals surface area contributed by atoms with Gasteiger partial charge in [0.25, 0.3) is 0 Å². The molecule has 0 saturated carbocycles. The lowest BCUT2D eigenvalue weighted by Gasteiger charge is -2.07. The van der Waals surface area contributed by atoms with Gasteiger partial charge in [-0.15, -0.1) is 0 Å². The minimum absolute atomic E-state index is 0.132. The highest BCUT2D eigenvalue weighted by molar-refractivity contribution is 6.29. The van der Waals surface area contributed by atoms with Crippen LogP contribution in [-0.2, 0) is 4.74 Å². The molecule has 0 aromatic carbocycles. The summed E-state index contributed by atoms with van der Waals surface area (Å²) in [4.78, 5) is 15.7. The average molecular weight is 254 g/mol. The van der Waals surface area contributed by atoms with Crippen LogP contribution >= 0.6 is 11.6 Å². The van der Waals surface area contributed by atoms with Crippen LogP contribution in [0, 0.1) is 0 Å². The molecule has 0 N–H and O–H groups in total. The van der Waals surface area contributed by atoms with E-state index in [0.29, 0.717) is 23.2 Å². The van der Waals surface area contributed by atoms with Crippen molar-refractivity contribution < 1.29 is 9.53 Å². The van der Waals surface area contributed by atoms with Crippen LogP contribution in [0.15, 0.2) is 18.3 Å². The number of ketones is 1. The minimum Gasteiger partial charge on any atom is -0.378 e. The van der Waals surface area contributed by atoms with Crippen molar-refractivity contribution in [3.8, 4) is 0 Å². The molecule has 92 valence electrons. The molecule has 1 unspecified atom stereocenters. The normalized spacial score (nSPS) is 19.5. The fraction of sp³-hybridized carbons (Fsp3) is 0.538. The fourth-order valence-corrected chi connectivity index (χ4v) is 2.16. The second-order valence-corrected chi connectivity index (χ2v) is 4.71. The van der Waals surface area contributed by atoms with Gasteiger partial charge in [0.05, 0.1) is 6.10 Å². The minimum atomic E-state index is 0.132. The number of rotatable bonds is 5. The second-order valence-electron chi connectivity index (χ2n) is 4.32. The lowest BCUT2D eigenvalue weighted by Crippen LogP contribution is -2.06. The predicted molar refractivity (Wildman–Crippen MR) is 66.4 cm³/mol. The molecule has 0 aliphatic carbocycles. The molecular weight excluding hydrogens is 238 g/mol. The van der Waals surface area contributed by atoms with E-state index in [1.807, 2.05) is 0 Å². The smallest absolute Gasteiger partial charge is 0.164 e. The monoisotopic (exact) mass is 253 g/mol. The van der Waals surface area contributed by atoms with E-state index in [2.05, 4.69) is 4.98 Å². The van der Waals surface area contributed by atoms with Crippen LogP contribution in [0.2, 0.25) is 5.15 Å². The van der Waals surface area contributed by atoms with Crippen molar-refractivity contribution >= 4 is 17.4 Å². The first kappa shape index (κ1) is 12.5. The molecule has 1 saturated heterocycles. The van der Waals surface area contributed by atoms with E-state index in [9.17, 15) is 4.79 Å². The van der Waals surface area contributed by atoms with Gasteiger partial charge in [-0.3, -0.25) is 4.79 Å². The Labute approximate surface area is 106 Å². The summed E-state index contributed by atoms with van der Waals surface area (Å²) in [6.45, 7) is 0.875. The van der Waals surface area contributed by atoms with E-state index in [1.54, 1.807) is 12.1 Å². The summed E-state index contributed by atoms with van der Waals surface area (Å²) < 4.78 is 5.52. The largest absolute Gasteiger partial charge is 0.378 e. The number of pyridine rings is 1. The SMILES string of the molecule is O=C(CCCC1CCCO1)c1ccc(Cl)nc1. The first-order chi connectivity index (χ1) is 8.25. The van der Waals surface area contributed by atoms with Gasteiger partial charge < -0.3 is 4.74 Å². The lowest BCUT2D eigenvalue weighted by molar-refractivity contribution is 0.0922. The van der Waals surface area contributed by atoms with Gasteiger partial charge in [-0.2, -0.15) is 0 Å². The third-order valence-electron chi connectivity index (χ3n) is 3.00. The van der Waals surface area contributed by atoms with Gasteiger partial charge in [-0.05, 0) is 37.8 Å². The van der Waals surface area contributed by atoms with Gasteiger partial charge >= 0.3 is 0 Å². The van der Waals surface area contributed by atoms with Crippen LogP contribution in [0.4, 0.5) is 0 Å². The number of halogens is 1. The highest BCUT2D eigenvalue weighted by Gasteiger charge is 2.15. The second kappa shape index (κ2) is 6.12. The van der Waals surface area contributed by atoms with Gasteiger partial charge in [0.1, 0.15) is 5.15 Å². The van der Waals surface area contributed by atoms with E-state index in [0.717, 1.165) is 32.3 Å². The Morgan fingerprint density at radius 1 is 1.53 bits per heavy atom. The van der Waals surface area contributed by atoms with Crippen molar-refractivity contribution in [2.24, 2.45) is 0 Å². The summed E-state index contributed by atoms with van der Waals surface area (Å²) in [5.74, 6) is 0.132. The Bertz CT molecular complexity index is 372. The maximum Gasteiger partial charge on any atom is 0.164 e. The molecule has 1 aliphatic heterocycles. The number of carbonyl (C=O) groups excluding carboxylic acids is 1. The average Bonchev–Trinajstić information content (AvgIpc) is 2.83. The molecule has 0 amide bonds. The lowest BCUT2D eigenvalue weighted by atomic mass is 10.0. The summed E-state index contributed by atoms with van der Waals surface area (Å²) in [5, 5.41) is 0.418. The van der Waals surface area contributed by atoms with Crippen molar-refractivity contribution in [3.05, 3.63) is 29.0 Å². The Hall–Kier alpha value is -0.930. The number of aromatic nitrogens is 1. The number of hydrogen-bond acceptors (Lipinski definition) is 3. The van der Waals surface area contributed by atoms with Gasteiger partial charge in [-0.1, -0.05) is 11.6 Å². The molecule has 2 rings (SSSR count). The standard InChI is InChI=1S/C13H16ClNO2/c14-13-7-6-10(9-15-13)12(16)5-1-3-11-4-2-8-17-11/h6-7,9,11H,1-5,8H2. The van der Waals surface area contributed by atoms with Crippen LogP contribution in [-0.4, -0.2) is 23.5 Å². The van der Waals surface area contributed by atoms with Gasteiger partial charge in [-0.25, -0.2) is 4.98 Å². The van der Waals surface area contributed by atoms with E-state index >= 15 is 0 Å². The quantitative estimate of drug-likeness (QED) is 0.597. The third-order valence-corrected chi connectivity index (χ3v) is 3.23. The zero-order valence-electron chi connectivity index (χ0n) is 9.69. The molecule has 2 heterocycles. The molecule has 1 aromatic rings. The highest BCUT2D eigenvalue weighted by Crippen LogP contribution is 2.18. The molecule has 17 heavy (non-hydrogen) atoms. The molecule has 1 aliphatic rings. The maximum atomic E-state index is 11.8. The molecule has 1 atom stereocenters. The van der Waals surface area contributed by atoms with E-state index in [-0.39, 0.29) is 5.78 Å². The fourth-order valence-electron chi connectivity index (χ4n) is 2.05. The zero-order valence-corrected chi connectivity index (χ0v) is 10.4. The maximum absolute atomic E-state index is 11.8. The van der Waals surface area contributed by atoms with Crippen LogP contribution < -0.4 is 0 Å². The van der Waals surface area contributed by atoms with Crippen LogP contribution in [0.5, 0.6) is 0 Å². The number of Topliss-reactive ketones (excluding diaryl/α,β-unsaturated/α-hetero) is 1.